The standard InChI is InChI=1S/C16H18F2N2O/c17-15-13(10-19)6-7-14(16(15)18)20(8-9-21)11-12-4-2-1-3-5-12/h1-7,21H,8-11,19H2. The van der Waals surface area contributed by atoms with Crippen LogP contribution in [0.5, 0.6) is 0 Å². The molecule has 3 N–H and O–H groups in total. The Labute approximate surface area is 122 Å². The Hall–Kier alpha value is -1.98. The first-order valence-corrected chi connectivity index (χ1v) is 6.74. The number of rotatable bonds is 6. The van der Waals surface area contributed by atoms with E-state index in [9.17, 15) is 8.78 Å². The van der Waals surface area contributed by atoms with Crippen molar-refractivity contribution in [2.45, 2.75) is 13.1 Å². The molecule has 2 aromatic carbocycles. The molecule has 5 heteroatoms. The van der Waals surface area contributed by atoms with Crippen molar-refractivity contribution in [2.24, 2.45) is 5.73 Å². The number of aliphatic hydroxyl groups excluding tert-OH is 1. The van der Waals surface area contributed by atoms with Crippen LogP contribution in [0, 0.1) is 11.6 Å². The lowest BCUT2D eigenvalue weighted by molar-refractivity contribution is 0.301. The van der Waals surface area contributed by atoms with Gasteiger partial charge in [0.1, 0.15) is 0 Å². The summed E-state index contributed by atoms with van der Waals surface area (Å²) < 4.78 is 28.0. The molecule has 0 unspecified atom stereocenters. The van der Waals surface area contributed by atoms with Gasteiger partial charge in [0.15, 0.2) is 11.6 Å². The first kappa shape index (κ1) is 15.4. The monoisotopic (exact) mass is 292 g/mol. The molecular formula is C16H18F2N2O. The normalized spacial score (nSPS) is 10.7. The van der Waals surface area contributed by atoms with Gasteiger partial charge in [0, 0.05) is 25.2 Å². The molecule has 2 aromatic rings. The molecule has 2 rings (SSSR count). The molecule has 3 nitrogen and oxygen atoms in total. The highest BCUT2D eigenvalue weighted by atomic mass is 19.2. The van der Waals surface area contributed by atoms with Crippen molar-refractivity contribution in [3.8, 4) is 0 Å². The zero-order valence-corrected chi connectivity index (χ0v) is 11.6. The molecule has 21 heavy (non-hydrogen) atoms. The minimum Gasteiger partial charge on any atom is -0.395 e. The van der Waals surface area contributed by atoms with E-state index in [-0.39, 0.29) is 30.9 Å². The maximum atomic E-state index is 14.2. The van der Waals surface area contributed by atoms with E-state index in [1.54, 1.807) is 4.90 Å². The molecule has 0 atom stereocenters. The third-order valence-corrected chi connectivity index (χ3v) is 3.29. The fourth-order valence-electron chi connectivity index (χ4n) is 2.19. The van der Waals surface area contributed by atoms with Gasteiger partial charge in [-0.05, 0) is 11.6 Å². The first-order chi connectivity index (χ1) is 10.2. The lowest BCUT2D eigenvalue weighted by Crippen LogP contribution is -2.27. The van der Waals surface area contributed by atoms with Gasteiger partial charge in [0.25, 0.3) is 0 Å². The first-order valence-electron chi connectivity index (χ1n) is 6.74. The summed E-state index contributed by atoms with van der Waals surface area (Å²) in [5.41, 5.74) is 6.59. The fourth-order valence-corrected chi connectivity index (χ4v) is 2.19. The second kappa shape index (κ2) is 7.15. The molecule has 0 radical (unpaired) electrons. The third-order valence-electron chi connectivity index (χ3n) is 3.29. The summed E-state index contributed by atoms with van der Waals surface area (Å²) in [7, 11) is 0. The largest absolute Gasteiger partial charge is 0.395 e. The number of anilines is 1. The highest BCUT2D eigenvalue weighted by Gasteiger charge is 2.17. The Balaban J connectivity index is 2.32. The van der Waals surface area contributed by atoms with E-state index in [0.717, 1.165) is 5.56 Å². The number of hydrogen-bond acceptors (Lipinski definition) is 3. The van der Waals surface area contributed by atoms with Gasteiger partial charge < -0.3 is 15.7 Å². The Bertz CT molecular complexity index is 590. The van der Waals surface area contributed by atoms with E-state index >= 15 is 0 Å². The number of aliphatic hydroxyl groups is 1. The molecule has 0 aliphatic rings. The van der Waals surface area contributed by atoms with Crippen LogP contribution in [-0.2, 0) is 13.1 Å². The maximum Gasteiger partial charge on any atom is 0.182 e. The van der Waals surface area contributed by atoms with Gasteiger partial charge in [-0.15, -0.1) is 0 Å². The predicted octanol–water partition coefficient (Wildman–Crippen LogP) is 2.42. The van der Waals surface area contributed by atoms with E-state index in [1.165, 1.54) is 12.1 Å². The molecule has 0 saturated carbocycles. The lowest BCUT2D eigenvalue weighted by atomic mass is 10.1. The van der Waals surface area contributed by atoms with Crippen LogP contribution in [0.4, 0.5) is 14.5 Å². The zero-order chi connectivity index (χ0) is 15.2. The Morgan fingerprint density at radius 2 is 1.71 bits per heavy atom. The average Bonchev–Trinajstić information content (AvgIpc) is 2.51. The summed E-state index contributed by atoms with van der Waals surface area (Å²) in [5, 5.41) is 9.16. The minimum atomic E-state index is -0.928. The van der Waals surface area contributed by atoms with Gasteiger partial charge in [-0.2, -0.15) is 0 Å². The molecular weight excluding hydrogens is 274 g/mol. The number of hydrogen-bond donors (Lipinski definition) is 2. The molecule has 0 fully saturated rings. The highest BCUT2D eigenvalue weighted by molar-refractivity contribution is 5.50. The van der Waals surface area contributed by atoms with Crippen molar-refractivity contribution in [3.63, 3.8) is 0 Å². The van der Waals surface area contributed by atoms with Gasteiger partial charge >= 0.3 is 0 Å². The molecule has 112 valence electrons. The van der Waals surface area contributed by atoms with Crippen LogP contribution in [0.3, 0.4) is 0 Å². The van der Waals surface area contributed by atoms with Crippen LogP contribution in [-0.4, -0.2) is 18.3 Å². The minimum absolute atomic E-state index is 0.0539. The van der Waals surface area contributed by atoms with Crippen molar-refractivity contribution < 1.29 is 13.9 Å². The van der Waals surface area contributed by atoms with E-state index in [1.807, 2.05) is 30.3 Å². The molecule has 0 spiro atoms. The summed E-state index contributed by atoms with van der Waals surface area (Å²) in [4.78, 5) is 1.61. The van der Waals surface area contributed by atoms with Gasteiger partial charge in [0.05, 0.1) is 12.3 Å². The van der Waals surface area contributed by atoms with Crippen molar-refractivity contribution in [3.05, 3.63) is 65.2 Å². The fraction of sp³-hybridized carbons (Fsp3) is 0.250. The number of nitrogens with zero attached hydrogens (tertiary/aromatic N) is 1. The summed E-state index contributed by atoms with van der Waals surface area (Å²) >= 11 is 0. The number of halogens is 2. The van der Waals surface area contributed by atoms with Crippen molar-refractivity contribution in [2.75, 3.05) is 18.1 Å². The Morgan fingerprint density at radius 3 is 2.33 bits per heavy atom. The molecule has 0 aliphatic carbocycles. The molecule has 0 aliphatic heterocycles. The van der Waals surface area contributed by atoms with Crippen molar-refractivity contribution >= 4 is 5.69 Å². The number of nitrogens with two attached hydrogens (primary N) is 1. The van der Waals surface area contributed by atoms with Crippen LogP contribution >= 0.6 is 0 Å². The van der Waals surface area contributed by atoms with Gasteiger partial charge in [0.2, 0.25) is 0 Å². The van der Waals surface area contributed by atoms with Crippen LogP contribution in [0.1, 0.15) is 11.1 Å². The molecule has 0 heterocycles. The summed E-state index contributed by atoms with van der Waals surface area (Å²) in [5.74, 6) is -1.85. The topological polar surface area (TPSA) is 49.5 Å². The quantitative estimate of drug-likeness (QED) is 0.859. The highest BCUT2D eigenvalue weighted by Crippen LogP contribution is 2.25. The summed E-state index contributed by atoms with van der Waals surface area (Å²) in [6, 6.07) is 12.4. The second-order valence-corrected chi connectivity index (χ2v) is 4.71. The smallest absolute Gasteiger partial charge is 0.182 e. The molecule has 0 saturated heterocycles. The maximum absolute atomic E-state index is 14.2. The molecule has 0 bridgehead atoms. The van der Waals surface area contributed by atoms with Crippen molar-refractivity contribution in [1.82, 2.24) is 0 Å². The SMILES string of the molecule is NCc1ccc(N(CCO)Cc2ccccc2)c(F)c1F. The van der Waals surface area contributed by atoms with Crippen molar-refractivity contribution in [1.29, 1.82) is 0 Å². The van der Waals surface area contributed by atoms with Crippen LogP contribution in [0.2, 0.25) is 0 Å². The number of benzene rings is 2. The summed E-state index contributed by atoms with van der Waals surface area (Å²) in [6.07, 6.45) is 0. The van der Waals surface area contributed by atoms with Crippen LogP contribution in [0.15, 0.2) is 42.5 Å². The predicted molar refractivity (Wildman–Crippen MR) is 78.8 cm³/mol. The summed E-state index contributed by atoms with van der Waals surface area (Å²) in [6.45, 7) is 0.404. The Morgan fingerprint density at radius 1 is 1.00 bits per heavy atom. The average molecular weight is 292 g/mol. The van der Waals surface area contributed by atoms with Gasteiger partial charge in [-0.3, -0.25) is 0 Å². The van der Waals surface area contributed by atoms with E-state index in [2.05, 4.69) is 0 Å². The lowest BCUT2D eigenvalue weighted by Gasteiger charge is -2.25. The third kappa shape index (κ3) is 3.56. The zero-order valence-electron chi connectivity index (χ0n) is 11.6. The van der Waals surface area contributed by atoms with Crippen LogP contribution in [0.25, 0.3) is 0 Å². The Kier molecular flexibility index (Phi) is 5.25. The second-order valence-electron chi connectivity index (χ2n) is 4.71. The molecule has 0 aromatic heterocycles. The van der Waals surface area contributed by atoms with E-state index in [4.69, 9.17) is 10.8 Å². The van der Waals surface area contributed by atoms with Crippen LogP contribution < -0.4 is 10.6 Å². The van der Waals surface area contributed by atoms with E-state index in [0.29, 0.717) is 6.54 Å². The van der Waals surface area contributed by atoms with Gasteiger partial charge in [-0.1, -0.05) is 36.4 Å². The molecule has 0 amide bonds. The van der Waals surface area contributed by atoms with Gasteiger partial charge in [-0.25, -0.2) is 8.78 Å². The van der Waals surface area contributed by atoms with E-state index < -0.39 is 11.6 Å².